The summed E-state index contributed by atoms with van der Waals surface area (Å²) in [5.41, 5.74) is 6.32. The first-order valence-electron chi connectivity index (χ1n) is 7.20. The predicted octanol–water partition coefficient (Wildman–Crippen LogP) is 4.00. The molecule has 1 fully saturated rings. The van der Waals surface area contributed by atoms with Crippen molar-refractivity contribution < 1.29 is 9.18 Å². The van der Waals surface area contributed by atoms with Gasteiger partial charge in [-0.15, -0.1) is 0 Å². The lowest BCUT2D eigenvalue weighted by Crippen LogP contribution is -2.35. The first-order chi connectivity index (χ1) is 9.54. The Labute approximate surface area is 128 Å². The van der Waals surface area contributed by atoms with Gasteiger partial charge in [0.05, 0.1) is 0 Å². The van der Waals surface area contributed by atoms with Crippen LogP contribution in [0.4, 0.5) is 4.39 Å². The molecule has 110 valence electrons. The number of halogens is 2. The van der Waals surface area contributed by atoms with Crippen LogP contribution in [0.15, 0.2) is 22.7 Å². The van der Waals surface area contributed by atoms with E-state index in [1.165, 1.54) is 12.5 Å². The van der Waals surface area contributed by atoms with Gasteiger partial charge in [0.25, 0.3) is 0 Å². The van der Waals surface area contributed by atoms with E-state index in [4.69, 9.17) is 5.73 Å². The van der Waals surface area contributed by atoms with Crippen LogP contribution < -0.4 is 5.73 Å². The predicted molar refractivity (Wildman–Crippen MR) is 82.0 cm³/mol. The smallest absolute Gasteiger partial charge is 0.137 e. The number of carbonyl (C=O) groups excluding carboxylic acids is 1. The monoisotopic (exact) mass is 341 g/mol. The second-order valence-corrected chi connectivity index (χ2v) is 6.81. The minimum absolute atomic E-state index is 0.0438. The number of hydrogen-bond acceptors (Lipinski definition) is 2. The third kappa shape index (κ3) is 3.89. The van der Waals surface area contributed by atoms with E-state index in [0.29, 0.717) is 18.5 Å². The minimum atomic E-state index is -0.313. The van der Waals surface area contributed by atoms with Crippen LogP contribution in [0, 0.1) is 11.2 Å². The highest BCUT2D eigenvalue weighted by molar-refractivity contribution is 9.10. The van der Waals surface area contributed by atoms with Crippen LogP contribution in [-0.2, 0) is 11.2 Å². The third-order valence-corrected chi connectivity index (χ3v) is 4.81. The topological polar surface area (TPSA) is 43.1 Å². The fourth-order valence-electron chi connectivity index (χ4n) is 3.13. The highest BCUT2D eigenvalue weighted by Crippen LogP contribution is 2.38. The molecule has 0 atom stereocenters. The number of carbonyl (C=O) groups is 1. The molecule has 0 unspecified atom stereocenters. The normalized spacial score (nSPS) is 17.9. The van der Waals surface area contributed by atoms with Crippen molar-refractivity contribution >= 4 is 21.7 Å². The molecule has 4 heteroatoms. The van der Waals surface area contributed by atoms with Crippen molar-refractivity contribution in [2.45, 2.75) is 44.9 Å². The maximum Gasteiger partial charge on any atom is 0.137 e. The number of hydrogen-bond donors (Lipinski definition) is 1. The number of ketones is 1. The third-order valence-electron chi connectivity index (χ3n) is 4.31. The molecular weight excluding hydrogens is 321 g/mol. The van der Waals surface area contributed by atoms with Crippen LogP contribution in [0.1, 0.15) is 44.1 Å². The summed E-state index contributed by atoms with van der Waals surface area (Å²) >= 11 is 3.31. The summed E-state index contributed by atoms with van der Waals surface area (Å²) in [5, 5.41) is 0. The lowest BCUT2D eigenvalue weighted by molar-refractivity contribution is -0.121. The molecule has 0 aliphatic heterocycles. The highest BCUT2D eigenvalue weighted by atomic mass is 79.9. The number of benzene rings is 1. The number of nitrogens with two attached hydrogens (primary N) is 1. The van der Waals surface area contributed by atoms with E-state index in [1.807, 2.05) is 0 Å². The lowest BCUT2D eigenvalue weighted by atomic mass is 9.70. The molecule has 0 radical (unpaired) electrons. The average molecular weight is 342 g/mol. The zero-order valence-corrected chi connectivity index (χ0v) is 13.2. The lowest BCUT2D eigenvalue weighted by Gasteiger charge is -2.35. The molecule has 1 aromatic rings. The SMILES string of the molecule is NCC1(CC(=O)Cc2cc(Br)ccc2F)CCCCC1. The van der Waals surface area contributed by atoms with Gasteiger partial charge < -0.3 is 5.73 Å². The van der Waals surface area contributed by atoms with Crippen molar-refractivity contribution in [3.8, 4) is 0 Å². The standard InChI is InChI=1S/C16H21BrFNO/c17-13-4-5-15(18)12(8-13)9-14(20)10-16(11-19)6-2-1-3-7-16/h4-5,8H,1-3,6-7,9-11,19H2. The Hall–Kier alpha value is -0.740. The molecule has 1 aliphatic rings. The fourth-order valence-corrected chi connectivity index (χ4v) is 3.54. The summed E-state index contributed by atoms with van der Waals surface area (Å²) in [6.45, 7) is 0.555. The van der Waals surface area contributed by atoms with Gasteiger partial charge in [0.1, 0.15) is 11.6 Å². The maximum absolute atomic E-state index is 13.7. The molecule has 0 heterocycles. The van der Waals surface area contributed by atoms with E-state index in [1.54, 1.807) is 12.1 Å². The summed E-state index contributed by atoms with van der Waals surface area (Å²) < 4.78 is 14.5. The average Bonchev–Trinajstić information content (AvgIpc) is 2.44. The van der Waals surface area contributed by atoms with Crippen LogP contribution in [0.3, 0.4) is 0 Å². The Bertz CT molecular complexity index is 483. The molecule has 2 nitrogen and oxygen atoms in total. The van der Waals surface area contributed by atoms with Gasteiger partial charge in [0.2, 0.25) is 0 Å². The molecule has 2 N–H and O–H groups in total. The zero-order chi connectivity index (χ0) is 14.6. The van der Waals surface area contributed by atoms with Gasteiger partial charge in [-0.1, -0.05) is 35.2 Å². The van der Waals surface area contributed by atoms with Gasteiger partial charge in [0, 0.05) is 17.3 Å². The second-order valence-electron chi connectivity index (χ2n) is 5.89. The molecule has 0 aromatic heterocycles. The van der Waals surface area contributed by atoms with Crippen LogP contribution in [0.2, 0.25) is 0 Å². The van der Waals surface area contributed by atoms with Crippen LogP contribution in [0.25, 0.3) is 0 Å². The van der Waals surface area contributed by atoms with E-state index in [-0.39, 0.29) is 23.4 Å². The molecule has 1 aliphatic carbocycles. The molecular formula is C16H21BrFNO. The van der Waals surface area contributed by atoms with Crippen molar-refractivity contribution in [3.05, 3.63) is 34.1 Å². The molecule has 20 heavy (non-hydrogen) atoms. The first kappa shape index (κ1) is 15.6. The second kappa shape index (κ2) is 6.81. The van der Waals surface area contributed by atoms with Crippen molar-refractivity contribution in [2.75, 3.05) is 6.54 Å². The van der Waals surface area contributed by atoms with Gasteiger partial charge in [0.15, 0.2) is 0 Å². The Kier molecular flexibility index (Phi) is 5.33. The van der Waals surface area contributed by atoms with Crippen LogP contribution in [0.5, 0.6) is 0 Å². The first-order valence-corrected chi connectivity index (χ1v) is 8.00. The van der Waals surface area contributed by atoms with E-state index < -0.39 is 0 Å². The quantitative estimate of drug-likeness (QED) is 0.879. The molecule has 0 amide bonds. The molecule has 1 aromatic carbocycles. The molecule has 2 rings (SSSR count). The summed E-state index contributed by atoms with van der Waals surface area (Å²) in [6.07, 6.45) is 6.22. The van der Waals surface area contributed by atoms with Crippen molar-refractivity contribution in [1.82, 2.24) is 0 Å². The van der Waals surface area contributed by atoms with Crippen LogP contribution >= 0.6 is 15.9 Å². The Morgan fingerprint density at radius 2 is 2.00 bits per heavy atom. The Morgan fingerprint density at radius 3 is 2.65 bits per heavy atom. The molecule has 0 saturated heterocycles. The summed E-state index contributed by atoms with van der Waals surface area (Å²) in [7, 11) is 0. The number of rotatable bonds is 5. The molecule has 0 spiro atoms. The Morgan fingerprint density at radius 1 is 1.30 bits per heavy atom. The van der Waals surface area contributed by atoms with Crippen molar-refractivity contribution in [1.29, 1.82) is 0 Å². The minimum Gasteiger partial charge on any atom is -0.330 e. The van der Waals surface area contributed by atoms with Gasteiger partial charge >= 0.3 is 0 Å². The molecule has 1 saturated carbocycles. The van der Waals surface area contributed by atoms with Gasteiger partial charge in [-0.2, -0.15) is 0 Å². The summed E-state index contributed by atoms with van der Waals surface area (Å²) in [5.74, 6) is -0.221. The van der Waals surface area contributed by atoms with Crippen molar-refractivity contribution in [3.63, 3.8) is 0 Å². The largest absolute Gasteiger partial charge is 0.330 e. The summed E-state index contributed by atoms with van der Waals surface area (Å²) in [6, 6.07) is 4.72. The molecule has 0 bridgehead atoms. The van der Waals surface area contributed by atoms with E-state index >= 15 is 0 Å². The Balaban J connectivity index is 2.02. The van der Waals surface area contributed by atoms with E-state index in [0.717, 1.165) is 30.2 Å². The maximum atomic E-state index is 13.7. The van der Waals surface area contributed by atoms with Gasteiger partial charge in [-0.05, 0) is 48.6 Å². The van der Waals surface area contributed by atoms with Gasteiger partial charge in [-0.3, -0.25) is 4.79 Å². The van der Waals surface area contributed by atoms with Crippen molar-refractivity contribution in [2.24, 2.45) is 11.1 Å². The zero-order valence-electron chi connectivity index (χ0n) is 11.6. The van der Waals surface area contributed by atoms with E-state index in [9.17, 15) is 9.18 Å². The van der Waals surface area contributed by atoms with Crippen LogP contribution in [-0.4, -0.2) is 12.3 Å². The highest BCUT2D eigenvalue weighted by Gasteiger charge is 2.32. The van der Waals surface area contributed by atoms with Gasteiger partial charge in [-0.25, -0.2) is 4.39 Å². The fraction of sp³-hybridized carbons (Fsp3) is 0.562. The number of Topliss-reactive ketones (excluding diaryl/α,β-unsaturated/α-hetero) is 1. The summed E-state index contributed by atoms with van der Waals surface area (Å²) in [4.78, 5) is 12.3. The van der Waals surface area contributed by atoms with E-state index in [2.05, 4.69) is 15.9 Å².